The highest BCUT2D eigenvalue weighted by Gasteiger charge is 2.16. The van der Waals surface area contributed by atoms with Crippen molar-refractivity contribution < 1.29 is 9.53 Å². The van der Waals surface area contributed by atoms with E-state index in [0.29, 0.717) is 24.5 Å². The Hall–Kier alpha value is -2.86. The predicted octanol–water partition coefficient (Wildman–Crippen LogP) is 3.47. The number of aromatic nitrogens is 2. The van der Waals surface area contributed by atoms with Gasteiger partial charge < -0.3 is 20.2 Å². The molecule has 6 nitrogen and oxygen atoms in total. The molecule has 3 N–H and O–H groups in total. The van der Waals surface area contributed by atoms with E-state index in [1.165, 1.54) is 0 Å². The Balaban J connectivity index is 1.69. The van der Waals surface area contributed by atoms with E-state index < -0.39 is 0 Å². The average molecular weight is 380 g/mol. The first kappa shape index (κ1) is 19.9. The van der Waals surface area contributed by atoms with Gasteiger partial charge in [-0.3, -0.25) is 4.79 Å². The van der Waals surface area contributed by atoms with Gasteiger partial charge in [0.05, 0.1) is 11.3 Å². The van der Waals surface area contributed by atoms with Gasteiger partial charge >= 0.3 is 0 Å². The van der Waals surface area contributed by atoms with Crippen molar-refractivity contribution in [3.05, 3.63) is 65.6 Å². The molecular formula is C22H28N4O2. The van der Waals surface area contributed by atoms with E-state index in [4.69, 9.17) is 10.5 Å². The number of hydrogen-bond acceptors (Lipinski definition) is 4. The Bertz CT molecular complexity index is 935. The van der Waals surface area contributed by atoms with Crippen molar-refractivity contribution in [2.45, 2.75) is 45.8 Å². The molecular weight excluding hydrogens is 352 g/mol. The van der Waals surface area contributed by atoms with Crippen molar-refractivity contribution in [2.24, 2.45) is 5.73 Å². The van der Waals surface area contributed by atoms with Gasteiger partial charge in [0.1, 0.15) is 18.0 Å². The number of hydrogen-bond donors (Lipinski definition) is 2. The van der Waals surface area contributed by atoms with E-state index in [0.717, 1.165) is 36.2 Å². The normalized spacial score (nSPS) is 12.1. The van der Waals surface area contributed by atoms with Gasteiger partial charge in [0, 0.05) is 25.0 Å². The summed E-state index contributed by atoms with van der Waals surface area (Å²) in [6.07, 6.45) is 6.96. The summed E-state index contributed by atoms with van der Waals surface area (Å²) in [6.45, 7) is 4.88. The molecule has 2 heterocycles. The molecule has 0 saturated heterocycles. The second-order valence-electron chi connectivity index (χ2n) is 7.04. The number of carbonyl (C=O) groups is 1. The lowest BCUT2D eigenvalue weighted by molar-refractivity contribution is 0.0931. The van der Waals surface area contributed by atoms with E-state index in [1.54, 1.807) is 12.1 Å². The number of nitrogens with two attached hydrogens (primary N) is 1. The molecule has 0 aliphatic heterocycles. The van der Waals surface area contributed by atoms with Gasteiger partial charge in [0.25, 0.3) is 5.91 Å². The second-order valence-corrected chi connectivity index (χ2v) is 7.04. The SMILES string of the molecule is CCCCC(CN)NC(=O)c1ccccc1OCc1cn2cc(C)ccc2n1. The molecule has 6 heteroatoms. The van der Waals surface area contributed by atoms with Crippen molar-refractivity contribution in [3.8, 4) is 5.75 Å². The fraction of sp³-hybridized carbons (Fsp3) is 0.364. The van der Waals surface area contributed by atoms with Gasteiger partial charge in [-0.25, -0.2) is 4.98 Å². The van der Waals surface area contributed by atoms with E-state index in [9.17, 15) is 4.79 Å². The molecule has 2 aromatic heterocycles. The Kier molecular flexibility index (Phi) is 6.66. The minimum absolute atomic E-state index is 0.0258. The zero-order valence-electron chi connectivity index (χ0n) is 16.5. The van der Waals surface area contributed by atoms with Gasteiger partial charge in [0.15, 0.2) is 0 Å². The third kappa shape index (κ3) is 4.89. The van der Waals surface area contributed by atoms with Crippen LogP contribution in [0.5, 0.6) is 5.75 Å². The van der Waals surface area contributed by atoms with Crippen LogP contribution in [0.1, 0.15) is 47.8 Å². The van der Waals surface area contributed by atoms with Gasteiger partial charge in [-0.1, -0.05) is 38.0 Å². The third-order valence-electron chi connectivity index (χ3n) is 4.68. The zero-order valence-corrected chi connectivity index (χ0v) is 16.5. The minimum atomic E-state index is -0.159. The maximum atomic E-state index is 12.7. The highest BCUT2D eigenvalue weighted by atomic mass is 16.5. The highest BCUT2D eigenvalue weighted by molar-refractivity contribution is 5.97. The number of ether oxygens (including phenoxy) is 1. The Morgan fingerprint density at radius 2 is 2.07 bits per heavy atom. The molecule has 0 fully saturated rings. The van der Waals surface area contributed by atoms with E-state index >= 15 is 0 Å². The lowest BCUT2D eigenvalue weighted by Crippen LogP contribution is -2.40. The molecule has 0 bridgehead atoms. The molecule has 3 aromatic rings. The maximum Gasteiger partial charge on any atom is 0.255 e. The molecule has 1 amide bonds. The number of aryl methyl sites for hydroxylation is 1. The zero-order chi connectivity index (χ0) is 19.9. The number of para-hydroxylation sites is 1. The molecule has 0 spiro atoms. The van der Waals surface area contributed by atoms with Crippen LogP contribution < -0.4 is 15.8 Å². The van der Waals surface area contributed by atoms with Crippen LogP contribution in [-0.4, -0.2) is 27.9 Å². The smallest absolute Gasteiger partial charge is 0.255 e. The quantitative estimate of drug-likeness (QED) is 0.596. The number of carbonyl (C=O) groups excluding carboxylic acids is 1. The highest BCUT2D eigenvalue weighted by Crippen LogP contribution is 2.20. The molecule has 148 valence electrons. The van der Waals surface area contributed by atoms with Gasteiger partial charge in [-0.05, 0) is 37.1 Å². The van der Waals surface area contributed by atoms with Crippen LogP contribution >= 0.6 is 0 Å². The van der Waals surface area contributed by atoms with Crippen LogP contribution in [0.15, 0.2) is 48.8 Å². The summed E-state index contributed by atoms with van der Waals surface area (Å²) < 4.78 is 7.91. The number of rotatable bonds is 9. The third-order valence-corrected chi connectivity index (χ3v) is 4.68. The first-order chi connectivity index (χ1) is 13.6. The number of nitrogens with zero attached hydrogens (tertiary/aromatic N) is 2. The molecule has 0 saturated carbocycles. The van der Waals surface area contributed by atoms with Crippen molar-refractivity contribution in [3.63, 3.8) is 0 Å². The summed E-state index contributed by atoms with van der Waals surface area (Å²) in [6, 6.07) is 11.2. The number of nitrogens with one attached hydrogen (secondary N) is 1. The number of fused-ring (bicyclic) bond motifs is 1. The first-order valence-electron chi connectivity index (χ1n) is 9.77. The standard InChI is InChI=1S/C22H28N4O2/c1-3-4-7-17(12-23)25-22(27)19-8-5-6-9-20(19)28-15-18-14-26-13-16(2)10-11-21(26)24-18/h5-6,8-11,13-14,17H,3-4,7,12,15,23H2,1-2H3,(H,25,27). The summed E-state index contributed by atoms with van der Waals surface area (Å²) >= 11 is 0. The Labute approximate surface area is 165 Å². The maximum absolute atomic E-state index is 12.7. The second kappa shape index (κ2) is 9.37. The molecule has 1 aromatic carbocycles. The van der Waals surface area contributed by atoms with Gasteiger partial charge in [-0.2, -0.15) is 0 Å². The molecule has 1 atom stereocenters. The summed E-state index contributed by atoms with van der Waals surface area (Å²) in [5.74, 6) is 0.382. The topological polar surface area (TPSA) is 81.6 Å². The number of imidazole rings is 1. The Morgan fingerprint density at radius 1 is 1.25 bits per heavy atom. The van der Waals surface area contributed by atoms with Crippen LogP contribution in [0.25, 0.3) is 5.65 Å². The number of unbranched alkanes of at least 4 members (excludes halogenated alkanes) is 1. The van der Waals surface area contributed by atoms with Gasteiger partial charge in [-0.15, -0.1) is 0 Å². The van der Waals surface area contributed by atoms with Gasteiger partial charge in [0.2, 0.25) is 0 Å². The van der Waals surface area contributed by atoms with Crippen LogP contribution in [-0.2, 0) is 6.61 Å². The fourth-order valence-electron chi connectivity index (χ4n) is 3.12. The van der Waals surface area contributed by atoms with E-state index in [-0.39, 0.29) is 11.9 Å². The lowest BCUT2D eigenvalue weighted by atomic mass is 10.1. The fourth-order valence-corrected chi connectivity index (χ4v) is 3.12. The van der Waals surface area contributed by atoms with Crippen LogP contribution in [0.4, 0.5) is 0 Å². The summed E-state index contributed by atoms with van der Waals surface area (Å²) in [4.78, 5) is 17.3. The summed E-state index contributed by atoms with van der Waals surface area (Å²) in [5, 5.41) is 3.02. The first-order valence-corrected chi connectivity index (χ1v) is 9.77. The average Bonchev–Trinajstić information content (AvgIpc) is 3.11. The van der Waals surface area contributed by atoms with E-state index in [2.05, 4.69) is 17.2 Å². The van der Waals surface area contributed by atoms with Crippen LogP contribution in [0.2, 0.25) is 0 Å². The Morgan fingerprint density at radius 3 is 2.86 bits per heavy atom. The molecule has 1 unspecified atom stereocenters. The minimum Gasteiger partial charge on any atom is -0.486 e. The molecule has 0 radical (unpaired) electrons. The number of benzene rings is 1. The van der Waals surface area contributed by atoms with Crippen molar-refractivity contribution in [1.29, 1.82) is 0 Å². The molecule has 0 aliphatic rings. The molecule has 28 heavy (non-hydrogen) atoms. The molecule has 3 rings (SSSR count). The summed E-state index contributed by atoms with van der Waals surface area (Å²) in [7, 11) is 0. The lowest BCUT2D eigenvalue weighted by Gasteiger charge is -2.18. The van der Waals surface area contributed by atoms with E-state index in [1.807, 2.05) is 48.0 Å². The largest absolute Gasteiger partial charge is 0.486 e. The number of amides is 1. The van der Waals surface area contributed by atoms with Crippen molar-refractivity contribution in [2.75, 3.05) is 6.54 Å². The molecule has 0 aliphatic carbocycles. The van der Waals surface area contributed by atoms with Crippen molar-refractivity contribution >= 4 is 11.6 Å². The monoisotopic (exact) mass is 380 g/mol. The summed E-state index contributed by atoms with van der Waals surface area (Å²) in [5.41, 5.74) is 9.16. The number of pyridine rings is 1. The van der Waals surface area contributed by atoms with Crippen LogP contribution in [0.3, 0.4) is 0 Å². The van der Waals surface area contributed by atoms with Crippen molar-refractivity contribution in [1.82, 2.24) is 14.7 Å². The van der Waals surface area contributed by atoms with Crippen LogP contribution in [0, 0.1) is 6.92 Å². The predicted molar refractivity (Wildman–Crippen MR) is 111 cm³/mol.